The molecule has 0 atom stereocenters. The van der Waals surface area contributed by atoms with Crippen molar-refractivity contribution in [3.63, 3.8) is 0 Å². The summed E-state index contributed by atoms with van der Waals surface area (Å²) in [7, 11) is 0. The Hall–Kier alpha value is -2.20. The highest BCUT2D eigenvalue weighted by molar-refractivity contribution is 6.31. The first kappa shape index (κ1) is 18.1. The SMILES string of the molecule is Cc1c(Cl)cccc1NCC(=O)Nc1ccc(OCC(C)C)cc1. The summed E-state index contributed by atoms with van der Waals surface area (Å²) in [6.45, 7) is 6.96. The van der Waals surface area contributed by atoms with E-state index in [0.29, 0.717) is 17.5 Å². The minimum absolute atomic E-state index is 0.120. The molecule has 0 aliphatic carbocycles. The molecule has 0 bridgehead atoms. The van der Waals surface area contributed by atoms with E-state index in [9.17, 15) is 4.79 Å². The maximum absolute atomic E-state index is 12.0. The van der Waals surface area contributed by atoms with Crippen molar-refractivity contribution in [1.29, 1.82) is 0 Å². The molecule has 0 saturated heterocycles. The Morgan fingerprint density at radius 3 is 2.54 bits per heavy atom. The van der Waals surface area contributed by atoms with Crippen molar-refractivity contribution in [3.05, 3.63) is 53.1 Å². The lowest BCUT2D eigenvalue weighted by Crippen LogP contribution is -2.22. The second-order valence-corrected chi connectivity index (χ2v) is 6.45. The second-order valence-electron chi connectivity index (χ2n) is 6.04. The number of anilines is 2. The van der Waals surface area contributed by atoms with Crippen LogP contribution in [0.15, 0.2) is 42.5 Å². The molecule has 0 saturated carbocycles. The topological polar surface area (TPSA) is 50.4 Å². The van der Waals surface area contributed by atoms with Gasteiger partial charge in [0.2, 0.25) is 5.91 Å². The fourth-order valence-electron chi connectivity index (χ4n) is 2.08. The zero-order valence-corrected chi connectivity index (χ0v) is 15.0. The third kappa shape index (κ3) is 5.46. The van der Waals surface area contributed by atoms with Crippen molar-refractivity contribution in [2.45, 2.75) is 20.8 Å². The lowest BCUT2D eigenvalue weighted by atomic mass is 10.2. The Kier molecular flexibility index (Phi) is 6.50. The molecule has 2 aromatic carbocycles. The van der Waals surface area contributed by atoms with Gasteiger partial charge in [-0.1, -0.05) is 31.5 Å². The summed E-state index contributed by atoms with van der Waals surface area (Å²) in [6.07, 6.45) is 0. The predicted octanol–water partition coefficient (Wildman–Crippen LogP) is 4.73. The molecule has 24 heavy (non-hydrogen) atoms. The highest BCUT2D eigenvalue weighted by Crippen LogP contribution is 2.22. The van der Waals surface area contributed by atoms with Crippen LogP contribution in [-0.4, -0.2) is 19.1 Å². The first-order valence-electron chi connectivity index (χ1n) is 7.97. The third-order valence-electron chi connectivity index (χ3n) is 3.43. The summed E-state index contributed by atoms with van der Waals surface area (Å²) in [4.78, 5) is 12.0. The molecule has 5 heteroatoms. The fraction of sp³-hybridized carbons (Fsp3) is 0.316. The molecule has 2 N–H and O–H groups in total. The van der Waals surface area contributed by atoms with Crippen LogP contribution in [0.25, 0.3) is 0 Å². The quantitative estimate of drug-likeness (QED) is 0.761. The largest absolute Gasteiger partial charge is 0.493 e. The number of nitrogens with one attached hydrogen (secondary N) is 2. The summed E-state index contributed by atoms with van der Waals surface area (Å²) >= 11 is 6.07. The van der Waals surface area contributed by atoms with E-state index in [1.165, 1.54) is 0 Å². The number of carbonyl (C=O) groups is 1. The maximum Gasteiger partial charge on any atom is 0.243 e. The van der Waals surface area contributed by atoms with Crippen LogP contribution in [0.2, 0.25) is 5.02 Å². The molecule has 1 amide bonds. The monoisotopic (exact) mass is 346 g/mol. The van der Waals surface area contributed by atoms with Gasteiger partial charge in [0.05, 0.1) is 13.2 Å². The van der Waals surface area contributed by atoms with Gasteiger partial charge >= 0.3 is 0 Å². The standard InChI is InChI=1S/C19H23ClN2O2/c1-13(2)12-24-16-9-7-15(8-10-16)22-19(23)11-21-18-6-4-5-17(20)14(18)3/h4-10,13,21H,11-12H2,1-3H3,(H,22,23). The average molecular weight is 347 g/mol. The zero-order valence-electron chi connectivity index (χ0n) is 14.2. The molecule has 2 aromatic rings. The number of hydrogen-bond acceptors (Lipinski definition) is 3. The van der Waals surface area contributed by atoms with Gasteiger partial charge in [-0.2, -0.15) is 0 Å². The summed E-state index contributed by atoms with van der Waals surface area (Å²) in [5.74, 6) is 1.16. The Bertz CT molecular complexity index is 684. The smallest absolute Gasteiger partial charge is 0.243 e. The van der Waals surface area contributed by atoms with Crippen LogP contribution in [0.3, 0.4) is 0 Å². The van der Waals surface area contributed by atoms with Crippen molar-refractivity contribution in [3.8, 4) is 5.75 Å². The number of carbonyl (C=O) groups excluding carboxylic acids is 1. The van der Waals surface area contributed by atoms with Gasteiger partial charge in [-0.25, -0.2) is 0 Å². The van der Waals surface area contributed by atoms with Gasteiger partial charge in [-0.05, 0) is 54.8 Å². The maximum atomic E-state index is 12.0. The zero-order chi connectivity index (χ0) is 17.5. The Morgan fingerprint density at radius 1 is 1.17 bits per heavy atom. The van der Waals surface area contributed by atoms with E-state index in [1.807, 2.05) is 49.4 Å². The van der Waals surface area contributed by atoms with Crippen LogP contribution in [0, 0.1) is 12.8 Å². The molecule has 0 fully saturated rings. The minimum Gasteiger partial charge on any atom is -0.493 e. The lowest BCUT2D eigenvalue weighted by Gasteiger charge is -2.12. The average Bonchev–Trinajstić information content (AvgIpc) is 2.55. The highest BCUT2D eigenvalue weighted by atomic mass is 35.5. The number of rotatable bonds is 7. The molecule has 128 valence electrons. The molecular formula is C19H23ClN2O2. The Balaban J connectivity index is 1.85. The van der Waals surface area contributed by atoms with Gasteiger partial charge < -0.3 is 15.4 Å². The van der Waals surface area contributed by atoms with E-state index in [1.54, 1.807) is 0 Å². The molecule has 4 nitrogen and oxygen atoms in total. The van der Waals surface area contributed by atoms with Gasteiger partial charge in [0.1, 0.15) is 5.75 Å². The number of amides is 1. The Morgan fingerprint density at radius 2 is 1.88 bits per heavy atom. The van der Waals surface area contributed by atoms with Gasteiger partial charge in [-0.15, -0.1) is 0 Å². The first-order valence-corrected chi connectivity index (χ1v) is 8.35. The highest BCUT2D eigenvalue weighted by Gasteiger charge is 2.06. The lowest BCUT2D eigenvalue weighted by molar-refractivity contribution is -0.114. The molecule has 0 aliphatic heterocycles. The normalized spacial score (nSPS) is 10.5. The summed E-state index contributed by atoms with van der Waals surface area (Å²) in [6, 6.07) is 12.9. The van der Waals surface area contributed by atoms with Crippen molar-refractivity contribution >= 4 is 28.9 Å². The predicted molar refractivity (Wildman–Crippen MR) is 100 cm³/mol. The van der Waals surface area contributed by atoms with Crippen molar-refractivity contribution in [1.82, 2.24) is 0 Å². The molecule has 0 aliphatic rings. The van der Waals surface area contributed by atoms with Crippen molar-refractivity contribution < 1.29 is 9.53 Å². The van der Waals surface area contributed by atoms with E-state index < -0.39 is 0 Å². The summed E-state index contributed by atoms with van der Waals surface area (Å²) < 4.78 is 5.62. The number of hydrogen-bond donors (Lipinski definition) is 2. The van der Waals surface area contributed by atoms with Crippen molar-refractivity contribution in [2.24, 2.45) is 5.92 Å². The van der Waals surface area contributed by atoms with Crippen LogP contribution < -0.4 is 15.4 Å². The van der Waals surface area contributed by atoms with Gasteiger partial charge in [0, 0.05) is 16.4 Å². The van der Waals surface area contributed by atoms with E-state index in [0.717, 1.165) is 22.7 Å². The third-order valence-corrected chi connectivity index (χ3v) is 3.84. The number of halogens is 1. The molecule has 0 heterocycles. The van der Waals surface area contributed by atoms with E-state index in [-0.39, 0.29) is 12.5 Å². The minimum atomic E-state index is -0.120. The summed E-state index contributed by atoms with van der Waals surface area (Å²) in [5.41, 5.74) is 2.52. The van der Waals surface area contributed by atoms with Gasteiger partial charge in [0.15, 0.2) is 0 Å². The van der Waals surface area contributed by atoms with E-state index in [4.69, 9.17) is 16.3 Å². The van der Waals surface area contributed by atoms with Crippen LogP contribution in [-0.2, 0) is 4.79 Å². The van der Waals surface area contributed by atoms with Gasteiger partial charge in [-0.3, -0.25) is 4.79 Å². The van der Waals surface area contributed by atoms with E-state index >= 15 is 0 Å². The molecule has 0 spiro atoms. The molecule has 2 rings (SSSR count). The molecule has 0 aromatic heterocycles. The summed E-state index contributed by atoms with van der Waals surface area (Å²) in [5, 5.41) is 6.62. The number of ether oxygens (including phenoxy) is 1. The van der Waals surface area contributed by atoms with Crippen molar-refractivity contribution in [2.75, 3.05) is 23.8 Å². The van der Waals surface area contributed by atoms with Crippen LogP contribution >= 0.6 is 11.6 Å². The Labute approximate surface area is 148 Å². The van der Waals surface area contributed by atoms with Crippen LogP contribution in [0.5, 0.6) is 5.75 Å². The molecule has 0 radical (unpaired) electrons. The van der Waals surface area contributed by atoms with E-state index in [2.05, 4.69) is 24.5 Å². The molecule has 0 unspecified atom stereocenters. The number of benzene rings is 2. The fourth-order valence-corrected chi connectivity index (χ4v) is 2.25. The van der Waals surface area contributed by atoms with Crippen LogP contribution in [0.1, 0.15) is 19.4 Å². The second kappa shape index (κ2) is 8.60. The first-order chi connectivity index (χ1) is 11.5. The molecular weight excluding hydrogens is 324 g/mol. The van der Waals surface area contributed by atoms with Crippen LogP contribution in [0.4, 0.5) is 11.4 Å². The van der Waals surface area contributed by atoms with Gasteiger partial charge in [0.25, 0.3) is 0 Å².